The van der Waals surface area contributed by atoms with Crippen LogP contribution in [-0.4, -0.2) is 51.1 Å². The second kappa shape index (κ2) is 23.2. The zero-order valence-corrected chi connectivity index (χ0v) is 35.8. The van der Waals surface area contributed by atoms with E-state index in [2.05, 4.69) is 52.6 Å². The molecule has 4 N–H and O–H groups in total. The number of ether oxygens (including phenoxy) is 3. The molecule has 0 aromatic heterocycles. The van der Waals surface area contributed by atoms with Crippen LogP contribution in [0.25, 0.3) is 0 Å². The first-order chi connectivity index (χ1) is 25.6. The van der Waals surface area contributed by atoms with Crippen molar-refractivity contribution in [3.8, 4) is 0 Å². The van der Waals surface area contributed by atoms with Gasteiger partial charge in [-0.2, -0.15) is 0 Å². The molecule has 4 aliphatic carbocycles. The van der Waals surface area contributed by atoms with E-state index in [0.29, 0.717) is 30.1 Å². The van der Waals surface area contributed by atoms with Gasteiger partial charge in [-0.15, -0.1) is 0 Å². The number of rotatable bonds is 27. The van der Waals surface area contributed by atoms with Crippen molar-refractivity contribution in [2.45, 2.75) is 201 Å². The second-order valence-corrected chi connectivity index (χ2v) is 19.2. The molecule has 53 heavy (non-hydrogen) atoms. The SMILES string of the molecule is CCCCCCCCOC[C@@H](CN=C(N)N)OCCCCCCCCOC1CC[C@@]2(C)C(=CC[C@H]3[C@@H]4CC[C@H]([C@H](C)CCCC(C)C)[C@@]4(C)CC[C@@H]32)C1. The van der Waals surface area contributed by atoms with Crippen molar-refractivity contribution >= 4 is 5.96 Å². The monoisotopic (exact) mass is 742 g/mol. The zero-order valence-electron chi connectivity index (χ0n) is 35.8. The largest absolute Gasteiger partial charge is 0.379 e. The van der Waals surface area contributed by atoms with Crippen LogP contribution in [0.15, 0.2) is 16.6 Å². The molecule has 0 spiro atoms. The molecule has 0 radical (unpaired) electrons. The molecule has 6 nitrogen and oxygen atoms in total. The van der Waals surface area contributed by atoms with E-state index in [-0.39, 0.29) is 12.1 Å². The number of guanidine groups is 1. The third kappa shape index (κ3) is 13.5. The number of allylic oxidation sites excluding steroid dienone is 1. The van der Waals surface area contributed by atoms with E-state index < -0.39 is 0 Å². The normalized spacial score (nSPS) is 30.7. The van der Waals surface area contributed by atoms with Gasteiger partial charge in [0.15, 0.2) is 5.96 Å². The van der Waals surface area contributed by atoms with Crippen LogP contribution in [0.2, 0.25) is 0 Å². The molecule has 0 aromatic rings. The van der Waals surface area contributed by atoms with Crippen molar-refractivity contribution < 1.29 is 14.2 Å². The standard InChI is InChI=1S/C47H87N3O3/c1-7-8-9-10-13-16-30-51-35-40(34-50-45(48)49)53-32-18-15-12-11-14-17-31-52-39-26-28-46(5)38(33-39)22-23-41-43-25-24-42(37(4)21-19-20-36(2)3)47(43,6)29-27-44(41)46/h22,36-37,39-44H,7-21,23-35H2,1-6H3,(H4,48,49,50)/t37-,39?,40-,41+,42-,43+,44+,46+,47-/m1/s1. The van der Waals surface area contributed by atoms with Crippen molar-refractivity contribution in [2.75, 3.05) is 33.0 Å². The molecule has 0 bridgehead atoms. The molecule has 1 unspecified atom stereocenters. The summed E-state index contributed by atoms with van der Waals surface area (Å²) in [4.78, 5) is 4.19. The number of hydrogen-bond acceptors (Lipinski definition) is 4. The van der Waals surface area contributed by atoms with Crippen LogP contribution in [0, 0.1) is 46.3 Å². The van der Waals surface area contributed by atoms with Gasteiger partial charge in [0.25, 0.3) is 0 Å². The van der Waals surface area contributed by atoms with E-state index >= 15 is 0 Å². The molecule has 6 heteroatoms. The molecular formula is C47H87N3O3. The number of fused-ring (bicyclic) bond motifs is 5. The Bertz CT molecular complexity index is 1070. The van der Waals surface area contributed by atoms with Crippen molar-refractivity contribution in [3.63, 3.8) is 0 Å². The Hall–Kier alpha value is -1.11. The van der Waals surface area contributed by atoms with E-state index in [4.69, 9.17) is 25.7 Å². The van der Waals surface area contributed by atoms with Gasteiger partial charge < -0.3 is 25.7 Å². The lowest BCUT2D eigenvalue weighted by molar-refractivity contribution is -0.0641. The lowest BCUT2D eigenvalue weighted by Crippen LogP contribution is -2.51. The third-order valence-corrected chi connectivity index (χ3v) is 14.9. The molecule has 3 saturated carbocycles. The van der Waals surface area contributed by atoms with Crippen LogP contribution >= 0.6 is 0 Å². The molecule has 9 atom stereocenters. The number of nitrogens with zero attached hydrogens (tertiary/aromatic N) is 1. The number of unbranched alkanes of at least 4 members (excludes halogenated alkanes) is 10. The minimum absolute atomic E-state index is 0.0747. The Morgan fingerprint density at radius 3 is 2.21 bits per heavy atom. The summed E-state index contributed by atoms with van der Waals surface area (Å²) in [6.07, 6.45) is 33.2. The lowest BCUT2D eigenvalue weighted by Gasteiger charge is -2.58. The van der Waals surface area contributed by atoms with E-state index in [1.807, 2.05) is 0 Å². The van der Waals surface area contributed by atoms with Crippen LogP contribution in [0.5, 0.6) is 0 Å². The molecule has 3 fully saturated rings. The summed E-state index contributed by atoms with van der Waals surface area (Å²) in [5.41, 5.74) is 13.9. The molecule has 0 aromatic carbocycles. The Labute approximate surface area is 328 Å². The van der Waals surface area contributed by atoms with Gasteiger partial charge >= 0.3 is 0 Å². The highest BCUT2D eigenvalue weighted by Crippen LogP contribution is 2.67. The Morgan fingerprint density at radius 1 is 0.792 bits per heavy atom. The summed E-state index contributed by atoms with van der Waals surface area (Å²) in [5, 5.41) is 0. The third-order valence-electron chi connectivity index (χ3n) is 14.9. The van der Waals surface area contributed by atoms with Crippen LogP contribution in [0.4, 0.5) is 0 Å². The Balaban J connectivity index is 1.07. The predicted octanol–water partition coefficient (Wildman–Crippen LogP) is 11.8. The first-order valence-corrected chi connectivity index (χ1v) is 23.1. The molecule has 0 amide bonds. The van der Waals surface area contributed by atoms with Crippen molar-refractivity contribution in [1.82, 2.24) is 0 Å². The summed E-state index contributed by atoms with van der Waals surface area (Å²) in [6, 6.07) is 0. The average molecular weight is 742 g/mol. The van der Waals surface area contributed by atoms with E-state index in [1.165, 1.54) is 135 Å². The highest BCUT2D eigenvalue weighted by atomic mass is 16.5. The molecule has 4 aliphatic rings. The smallest absolute Gasteiger partial charge is 0.186 e. The zero-order chi connectivity index (χ0) is 38.1. The molecular weight excluding hydrogens is 655 g/mol. The summed E-state index contributed by atoms with van der Waals surface area (Å²) in [6.45, 7) is 18.5. The topological polar surface area (TPSA) is 92.1 Å². The van der Waals surface area contributed by atoms with Crippen LogP contribution in [0.1, 0.15) is 189 Å². The van der Waals surface area contributed by atoms with Gasteiger partial charge in [-0.05, 0) is 117 Å². The highest BCUT2D eigenvalue weighted by molar-refractivity contribution is 5.75. The molecule has 4 rings (SSSR count). The maximum Gasteiger partial charge on any atom is 0.186 e. The molecule has 0 heterocycles. The maximum atomic E-state index is 6.57. The van der Waals surface area contributed by atoms with Gasteiger partial charge in [-0.3, -0.25) is 4.99 Å². The second-order valence-electron chi connectivity index (χ2n) is 19.2. The van der Waals surface area contributed by atoms with Crippen LogP contribution in [-0.2, 0) is 14.2 Å². The predicted molar refractivity (Wildman–Crippen MR) is 225 cm³/mol. The Morgan fingerprint density at radius 2 is 1.49 bits per heavy atom. The summed E-state index contributed by atoms with van der Waals surface area (Å²) >= 11 is 0. The maximum absolute atomic E-state index is 6.57. The van der Waals surface area contributed by atoms with Gasteiger partial charge in [0.2, 0.25) is 0 Å². The number of aliphatic imine (C=N–C) groups is 1. The number of hydrogen-bond donors (Lipinski definition) is 2. The molecule has 0 aliphatic heterocycles. The van der Waals surface area contributed by atoms with Crippen molar-refractivity contribution in [3.05, 3.63) is 11.6 Å². The summed E-state index contributed by atoms with van der Waals surface area (Å²) in [7, 11) is 0. The number of nitrogens with two attached hydrogens (primary N) is 2. The summed E-state index contributed by atoms with van der Waals surface area (Å²) in [5.74, 6) is 5.56. The van der Waals surface area contributed by atoms with Gasteiger partial charge in [-0.1, -0.05) is 130 Å². The van der Waals surface area contributed by atoms with E-state index in [9.17, 15) is 0 Å². The Kier molecular flexibility index (Phi) is 19.5. The molecule has 0 saturated heterocycles. The lowest BCUT2D eigenvalue weighted by atomic mass is 9.47. The van der Waals surface area contributed by atoms with Crippen molar-refractivity contribution in [1.29, 1.82) is 0 Å². The fourth-order valence-electron chi connectivity index (χ4n) is 11.8. The highest BCUT2D eigenvalue weighted by Gasteiger charge is 2.59. The quantitative estimate of drug-likeness (QED) is 0.0378. The average Bonchev–Trinajstić information content (AvgIpc) is 3.49. The minimum atomic E-state index is -0.0747. The fraction of sp³-hybridized carbons (Fsp3) is 0.936. The van der Waals surface area contributed by atoms with Crippen LogP contribution < -0.4 is 11.5 Å². The van der Waals surface area contributed by atoms with Gasteiger partial charge in [-0.25, -0.2) is 0 Å². The molecule has 308 valence electrons. The van der Waals surface area contributed by atoms with Gasteiger partial charge in [0, 0.05) is 19.8 Å². The van der Waals surface area contributed by atoms with Gasteiger partial charge in [0.1, 0.15) is 6.10 Å². The minimum Gasteiger partial charge on any atom is -0.379 e. The summed E-state index contributed by atoms with van der Waals surface area (Å²) < 4.78 is 18.6. The van der Waals surface area contributed by atoms with Crippen molar-refractivity contribution in [2.24, 2.45) is 62.8 Å². The first kappa shape index (κ1) is 44.6. The van der Waals surface area contributed by atoms with Crippen LogP contribution in [0.3, 0.4) is 0 Å². The first-order valence-electron chi connectivity index (χ1n) is 23.1. The van der Waals surface area contributed by atoms with E-state index in [0.717, 1.165) is 68.2 Å². The fourth-order valence-corrected chi connectivity index (χ4v) is 11.8. The van der Waals surface area contributed by atoms with Gasteiger partial charge in [0.05, 0.1) is 19.3 Å². The van der Waals surface area contributed by atoms with E-state index in [1.54, 1.807) is 5.57 Å².